The third kappa shape index (κ3) is 4.41. The van der Waals surface area contributed by atoms with Crippen molar-refractivity contribution in [3.05, 3.63) is 102 Å². The Labute approximate surface area is 228 Å². The molecule has 1 aliphatic heterocycles. The Morgan fingerprint density at radius 3 is 2.42 bits per heavy atom. The molecule has 4 aromatic rings. The minimum atomic E-state index is -0.142. The van der Waals surface area contributed by atoms with Crippen LogP contribution in [-0.2, 0) is 0 Å². The van der Waals surface area contributed by atoms with Crippen LogP contribution in [0.25, 0.3) is 5.69 Å². The van der Waals surface area contributed by atoms with E-state index in [0.717, 1.165) is 52.6 Å². The van der Waals surface area contributed by atoms with Crippen LogP contribution in [-0.4, -0.2) is 25.9 Å². The van der Waals surface area contributed by atoms with Crippen LogP contribution in [0.3, 0.4) is 0 Å². The van der Waals surface area contributed by atoms with E-state index in [4.69, 9.17) is 17.0 Å². The Morgan fingerprint density at radius 2 is 1.71 bits per heavy atom. The number of aromatic hydroxyl groups is 1. The van der Waals surface area contributed by atoms with Crippen LogP contribution < -0.4 is 15.0 Å². The number of benzene rings is 2. The number of phenols is 1. The first-order chi connectivity index (χ1) is 18.5. The summed E-state index contributed by atoms with van der Waals surface area (Å²) in [4.78, 5) is 6.87. The zero-order chi connectivity index (χ0) is 26.2. The van der Waals surface area contributed by atoms with Gasteiger partial charge in [0.25, 0.3) is 0 Å². The minimum Gasteiger partial charge on any atom is -0.506 e. The summed E-state index contributed by atoms with van der Waals surface area (Å²) >= 11 is 5.93. The van der Waals surface area contributed by atoms with Crippen molar-refractivity contribution >= 4 is 23.0 Å². The Morgan fingerprint density at radius 1 is 0.974 bits per heavy atom. The van der Waals surface area contributed by atoms with Crippen molar-refractivity contribution in [2.24, 2.45) is 0 Å². The van der Waals surface area contributed by atoms with Crippen molar-refractivity contribution in [1.82, 2.24) is 14.9 Å². The third-order valence-electron chi connectivity index (χ3n) is 7.73. The topological polar surface area (TPSA) is 62.5 Å². The molecule has 6 rings (SSSR count). The van der Waals surface area contributed by atoms with Gasteiger partial charge in [-0.2, -0.15) is 0 Å². The predicted octanol–water partition coefficient (Wildman–Crippen LogP) is 6.69. The van der Waals surface area contributed by atoms with Crippen LogP contribution in [0.5, 0.6) is 11.5 Å². The number of hydrogen-bond acceptors (Lipinski definition) is 4. The second kappa shape index (κ2) is 10.1. The average molecular weight is 525 g/mol. The maximum atomic E-state index is 10.6. The van der Waals surface area contributed by atoms with Gasteiger partial charge in [-0.3, -0.25) is 4.98 Å². The number of para-hydroxylation sites is 2. The number of phenolic OH excluding ortho intramolecular Hbond substituents is 1. The monoisotopic (exact) mass is 524 g/mol. The highest BCUT2D eigenvalue weighted by Crippen LogP contribution is 2.44. The number of hydrogen-bond donors (Lipinski definition) is 2. The van der Waals surface area contributed by atoms with Gasteiger partial charge in [0.2, 0.25) is 0 Å². The summed E-state index contributed by atoms with van der Waals surface area (Å²) in [6.45, 7) is 4.17. The number of pyridine rings is 1. The molecule has 2 aromatic carbocycles. The van der Waals surface area contributed by atoms with Gasteiger partial charge in [0, 0.05) is 23.3 Å². The van der Waals surface area contributed by atoms with Crippen LogP contribution in [0.4, 0.5) is 5.69 Å². The zero-order valence-electron chi connectivity index (χ0n) is 21.7. The highest BCUT2D eigenvalue weighted by atomic mass is 32.1. The second-order valence-electron chi connectivity index (χ2n) is 10.2. The molecule has 2 aromatic heterocycles. The van der Waals surface area contributed by atoms with E-state index in [1.54, 1.807) is 6.07 Å². The Balaban J connectivity index is 1.42. The lowest BCUT2D eigenvalue weighted by atomic mass is 9.96. The van der Waals surface area contributed by atoms with E-state index in [1.165, 1.54) is 12.8 Å². The van der Waals surface area contributed by atoms with Crippen molar-refractivity contribution < 1.29 is 9.84 Å². The van der Waals surface area contributed by atoms with Crippen LogP contribution in [0.1, 0.15) is 60.4 Å². The van der Waals surface area contributed by atoms with E-state index in [0.29, 0.717) is 11.2 Å². The third-order valence-corrected chi connectivity index (χ3v) is 8.04. The number of ether oxygens (including phenoxy) is 1. The van der Waals surface area contributed by atoms with Crippen LogP contribution in [0.2, 0.25) is 0 Å². The van der Waals surface area contributed by atoms with Crippen molar-refractivity contribution in [3.63, 3.8) is 0 Å². The first-order valence-corrected chi connectivity index (χ1v) is 13.7. The molecule has 2 atom stereocenters. The average Bonchev–Trinajstić information content (AvgIpc) is 3.63. The molecule has 2 N–H and O–H groups in total. The molecule has 194 valence electrons. The number of anilines is 1. The van der Waals surface area contributed by atoms with Crippen molar-refractivity contribution in [2.75, 3.05) is 4.90 Å². The van der Waals surface area contributed by atoms with Gasteiger partial charge in [0.1, 0.15) is 11.5 Å². The molecular weight excluding hydrogens is 492 g/mol. The minimum absolute atomic E-state index is 0.134. The smallest absolute Gasteiger partial charge is 0.174 e. The Kier molecular flexibility index (Phi) is 6.54. The van der Waals surface area contributed by atoms with E-state index in [1.807, 2.05) is 54.7 Å². The molecule has 6 nitrogen and oxygen atoms in total. The summed E-state index contributed by atoms with van der Waals surface area (Å²) in [5, 5.41) is 14.8. The molecule has 1 aliphatic carbocycles. The van der Waals surface area contributed by atoms with Gasteiger partial charge in [0.15, 0.2) is 5.11 Å². The van der Waals surface area contributed by atoms with Gasteiger partial charge in [-0.1, -0.05) is 18.2 Å². The number of aryl methyl sites for hydroxylation is 1. The summed E-state index contributed by atoms with van der Waals surface area (Å²) in [5.41, 5.74) is 5.90. The van der Waals surface area contributed by atoms with Gasteiger partial charge < -0.3 is 24.6 Å². The first-order valence-electron chi connectivity index (χ1n) is 13.3. The number of aromatic nitrogens is 2. The second-order valence-corrected chi connectivity index (χ2v) is 10.6. The van der Waals surface area contributed by atoms with Gasteiger partial charge in [0.05, 0.1) is 29.6 Å². The molecule has 2 fully saturated rings. The number of nitrogens with zero attached hydrogens (tertiary/aromatic N) is 3. The highest BCUT2D eigenvalue weighted by Gasteiger charge is 2.42. The van der Waals surface area contributed by atoms with Gasteiger partial charge in [-0.05, 0) is 112 Å². The first kappa shape index (κ1) is 24.5. The van der Waals surface area contributed by atoms with E-state index in [2.05, 4.69) is 51.8 Å². The largest absolute Gasteiger partial charge is 0.506 e. The fourth-order valence-electron chi connectivity index (χ4n) is 5.94. The molecule has 38 heavy (non-hydrogen) atoms. The lowest BCUT2D eigenvalue weighted by Crippen LogP contribution is -2.29. The molecule has 0 bridgehead atoms. The summed E-state index contributed by atoms with van der Waals surface area (Å²) < 4.78 is 8.33. The SMILES string of the molecule is Cc1cc([C@@H]2[C@@H](c3ccccn3)NC(=S)N2c2ccc(OC3CCCC3)cc2)c(C)n1-c1ccccc1O. The van der Waals surface area contributed by atoms with Crippen molar-refractivity contribution in [3.8, 4) is 17.2 Å². The maximum absolute atomic E-state index is 10.6. The van der Waals surface area contributed by atoms with E-state index in [9.17, 15) is 5.11 Å². The van der Waals surface area contributed by atoms with Crippen LogP contribution in [0, 0.1) is 13.8 Å². The lowest BCUT2D eigenvalue weighted by Gasteiger charge is -2.28. The van der Waals surface area contributed by atoms with E-state index in [-0.39, 0.29) is 17.8 Å². The zero-order valence-corrected chi connectivity index (χ0v) is 22.5. The van der Waals surface area contributed by atoms with Crippen LogP contribution in [0.15, 0.2) is 79.0 Å². The quantitative estimate of drug-likeness (QED) is 0.274. The molecule has 0 spiro atoms. The number of thiocarbonyl (C=S) groups is 1. The predicted molar refractivity (Wildman–Crippen MR) is 154 cm³/mol. The van der Waals surface area contributed by atoms with Crippen molar-refractivity contribution in [2.45, 2.75) is 57.7 Å². The summed E-state index contributed by atoms with van der Waals surface area (Å²) in [7, 11) is 0. The molecule has 1 saturated carbocycles. The van der Waals surface area contributed by atoms with Gasteiger partial charge >= 0.3 is 0 Å². The lowest BCUT2D eigenvalue weighted by molar-refractivity contribution is 0.210. The molecule has 3 heterocycles. The number of nitrogens with one attached hydrogen (secondary N) is 1. The van der Waals surface area contributed by atoms with Gasteiger partial charge in [-0.25, -0.2) is 0 Å². The molecule has 1 saturated heterocycles. The summed E-state index contributed by atoms with van der Waals surface area (Å²) in [6, 6.07) is 23.6. The molecule has 7 heteroatoms. The fourth-order valence-corrected chi connectivity index (χ4v) is 6.29. The van der Waals surface area contributed by atoms with E-state index >= 15 is 0 Å². The molecule has 0 unspecified atom stereocenters. The van der Waals surface area contributed by atoms with Gasteiger partial charge in [-0.15, -0.1) is 0 Å². The summed E-state index contributed by atoms with van der Waals surface area (Å²) in [5.74, 6) is 1.14. The van der Waals surface area contributed by atoms with Crippen LogP contribution >= 0.6 is 12.2 Å². The fraction of sp³-hybridized carbons (Fsp3) is 0.290. The standard InChI is InChI=1S/C31H32N4O2S/c1-20-19-25(21(2)34(20)27-12-5-6-13-28(27)36)30-29(26-11-7-8-18-32-26)33-31(38)35(30)22-14-16-24(17-15-22)37-23-9-3-4-10-23/h5-8,11-19,23,29-30,36H,3-4,9-10H2,1-2H3,(H,33,38)/t29-,30-/m1/s1. The molecule has 2 aliphatic rings. The molecule has 0 radical (unpaired) electrons. The Bertz CT molecular complexity index is 1440. The maximum Gasteiger partial charge on any atom is 0.174 e. The molecular formula is C31H32N4O2S. The molecule has 0 amide bonds. The Hall–Kier alpha value is -3.84. The van der Waals surface area contributed by atoms with E-state index < -0.39 is 0 Å². The highest BCUT2D eigenvalue weighted by molar-refractivity contribution is 7.80. The van der Waals surface area contributed by atoms with Crippen molar-refractivity contribution in [1.29, 1.82) is 0 Å². The number of rotatable bonds is 6. The normalized spacial score (nSPS) is 19.6. The summed E-state index contributed by atoms with van der Waals surface area (Å²) in [6.07, 6.45) is 6.87.